The first-order valence-electron chi connectivity index (χ1n) is 7.18. The van der Waals surface area contributed by atoms with Crippen molar-refractivity contribution in [2.45, 2.75) is 25.4 Å². The molecule has 2 saturated heterocycles. The lowest BCUT2D eigenvalue weighted by atomic mass is 10.0. The monoisotopic (exact) mass is 313 g/mol. The maximum Gasteiger partial charge on any atom is 0.236 e. The number of piperazine rings is 1. The van der Waals surface area contributed by atoms with E-state index in [1.807, 2.05) is 11.4 Å². The zero-order chi connectivity index (χ0) is 13.9. The van der Waals surface area contributed by atoms with E-state index in [0.717, 1.165) is 44.2 Å². The highest BCUT2D eigenvalue weighted by Gasteiger charge is 2.29. The second kappa shape index (κ2) is 6.43. The minimum Gasteiger partial charge on any atom is -0.336 e. The van der Waals surface area contributed by atoms with E-state index in [9.17, 15) is 4.79 Å². The van der Waals surface area contributed by atoms with Crippen LogP contribution in [0.3, 0.4) is 0 Å². The van der Waals surface area contributed by atoms with Crippen molar-refractivity contribution in [2.75, 3.05) is 32.7 Å². The van der Waals surface area contributed by atoms with E-state index in [4.69, 9.17) is 11.6 Å². The quantitative estimate of drug-likeness (QED) is 0.924. The summed E-state index contributed by atoms with van der Waals surface area (Å²) >= 11 is 7.70. The van der Waals surface area contributed by atoms with Gasteiger partial charge >= 0.3 is 0 Å². The van der Waals surface area contributed by atoms with Crippen LogP contribution < -0.4 is 5.32 Å². The number of carbonyl (C=O) groups excluding carboxylic acids is 1. The SMILES string of the molecule is O=C1CNCCN1C1CCCN(Cc2cc(Cl)cs2)C1. The van der Waals surface area contributed by atoms with Gasteiger partial charge in [0.15, 0.2) is 0 Å². The molecule has 0 radical (unpaired) electrons. The minimum absolute atomic E-state index is 0.252. The molecule has 1 unspecified atom stereocenters. The van der Waals surface area contributed by atoms with Crippen LogP contribution in [-0.2, 0) is 11.3 Å². The lowest BCUT2D eigenvalue weighted by molar-refractivity contribution is -0.135. The normalized spacial score (nSPS) is 25.1. The molecule has 3 heterocycles. The number of nitrogens with one attached hydrogen (secondary N) is 1. The molecule has 1 aromatic rings. The van der Waals surface area contributed by atoms with Gasteiger partial charge in [0.05, 0.1) is 11.6 Å². The van der Waals surface area contributed by atoms with Crippen LogP contribution in [0.15, 0.2) is 11.4 Å². The number of rotatable bonds is 3. The van der Waals surface area contributed by atoms with Gasteiger partial charge in [-0.3, -0.25) is 9.69 Å². The fourth-order valence-electron chi connectivity index (χ4n) is 3.09. The van der Waals surface area contributed by atoms with Crippen LogP contribution in [-0.4, -0.2) is 54.5 Å². The van der Waals surface area contributed by atoms with Crippen LogP contribution in [0.4, 0.5) is 0 Å². The first-order chi connectivity index (χ1) is 9.72. The number of amides is 1. The van der Waals surface area contributed by atoms with Crippen LogP contribution >= 0.6 is 22.9 Å². The van der Waals surface area contributed by atoms with Gasteiger partial charge in [0, 0.05) is 42.5 Å². The molecule has 2 fully saturated rings. The summed E-state index contributed by atoms with van der Waals surface area (Å²) in [5.74, 6) is 0.252. The Hall–Kier alpha value is -0.620. The number of hydrogen-bond acceptors (Lipinski definition) is 4. The van der Waals surface area contributed by atoms with Gasteiger partial charge in [-0.1, -0.05) is 11.6 Å². The largest absolute Gasteiger partial charge is 0.336 e. The first-order valence-corrected chi connectivity index (χ1v) is 8.43. The molecule has 1 N–H and O–H groups in total. The van der Waals surface area contributed by atoms with Crippen LogP contribution in [0.25, 0.3) is 0 Å². The van der Waals surface area contributed by atoms with Gasteiger partial charge in [-0.15, -0.1) is 11.3 Å². The van der Waals surface area contributed by atoms with Gasteiger partial charge in [-0.05, 0) is 25.5 Å². The van der Waals surface area contributed by atoms with Crippen molar-refractivity contribution >= 4 is 28.8 Å². The summed E-state index contributed by atoms with van der Waals surface area (Å²) in [6.07, 6.45) is 2.30. The van der Waals surface area contributed by atoms with Crippen molar-refractivity contribution in [3.05, 3.63) is 21.3 Å². The third kappa shape index (κ3) is 3.34. The van der Waals surface area contributed by atoms with Crippen LogP contribution in [0.2, 0.25) is 5.02 Å². The van der Waals surface area contributed by atoms with Gasteiger partial charge in [-0.25, -0.2) is 0 Å². The summed E-state index contributed by atoms with van der Waals surface area (Å²) in [6.45, 7) is 5.32. The van der Waals surface area contributed by atoms with E-state index in [1.165, 1.54) is 11.3 Å². The molecule has 20 heavy (non-hydrogen) atoms. The van der Waals surface area contributed by atoms with Crippen molar-refractivity contribution in [1.29, 1.82) is 0 Å². The molecule has 4 nitrogen and oxygen atoms in total. The molecule has 0 saturated carbocycles. The van der Waals surface area contributed by atoms with Gasteiger partial charge in [0.25, 0.3) is 0 Å². The molecule has 2 aliphatic heterocycles. The van der Waals surface area contributed by atoms with Crippen LogP contribution in [0, 0.1) is 0 Å². The molecule has 0 spiro atoms. The van der Waals surface area contributed by atoms with Crippen molar-refractivity contribution in [3.63, 3.8) is 0 Å². The third-order valence-corrected chi connectivity index (χ3v) is 5.32. The molecule has 2 aliphatic rings. The number of carbonyl (C=O) groups is 1. The van der Waals surface area contributed by atoms with E-state index in [1.54, 1.807) is 11.3 Å². The average molecular weight is 314 g/mol. The summed E-state index contributed by atoms with van der Waals surface area (Å²) < 4.78 is 0. The zero-order valence-corrected chi connectivity index (χ0v) is 13.1. The fourth-order valence-corrected chi connectivity index (χ4v) is 4.21. The highest BCUT2D eigenvalue weighted by atomic mass is 35.5. The lowest BCUT2D eigenvalue weighted by Gasteiger charge is -2.41. The standard InChI is InChI=1S/C14H20ClN3OS/c15-11-6-13(20-10-11)9-17-4-1-2-12(8-17)18-5-3-16-7-14(18)19/h6,10,12,16H,1-5,7-9H2. The Morgan fingerprint density at radius 1 is 1.45 bits per heavy atom. The Balaban J connectivity index is 1.59. The number of thiophene rings is 1. The Bertz CT molecular complexity index is 479. The summed E-state index contributed by atoms with van der Waals surface area (Å²) in [6, 6.07) is 2.43. The molecule has 1 aromatic heterocycles. The summed E-state index contributed by atoms with van der Waals surface area (Å²) in [5.41, 5.74) is 0. The Morgan fingerprint density at radius 3 is 3.10 bits per heavy atom. The maximum atomic E-state index is 12.0. The molecule has 3 rings (SSSR count). The summed E-state index contributed by atoms with van der Waals surface area (Å²) in [4.78, 5) is 17.8. The molecular weight excluding hydrogens is 294 g/mol. The van der Waals surface area contributed by atoms with Crippen molar-refractivity contribution in [3.8, 4) is 0 Å². The van der Waals surface area contributed by atoms with Crippen molar-refractivity contribution in [2.24, 2.45) is 0 Å². The molecule has 6 heteroatoms. The van der Waals surface area contributed by atoms with E-state index >= 15 is 0 Å². The van der Waals surface area contributed by atoms with Gasteiger partial charge in [-0.2, -0.15) is 0 Å². The topological polar surface area (TPSA) is 35.6 Å². The zero-order valence-electron chi connectivity index (χ0n) is 11.5. The maximum absolute atomic E-state index is 12.0. The molecular formula is C14H20ClN3OS. The third-order valence-electron chi connectivity index (χ3n) is 4.05. The highest BCUT2D eigenvalue weighted by Crippen LogP contribution is 2.23. The van der Waals surface area contributed by atoms with Crippen molar-refractivity contribution in [1.82, 2.24) is 15.1 Å². The van der Waals surface area contributed by atoms with Gasteiger partial charge < -0.3 is 10.2 Å². The van der Waals surface area contributed by atoms with E-state index < -0.39 is 0 Å². The molecule has 0 aromatic carbocycles. The smallest absolute Gasteiger partial charge is 0.236 e. The average Bonchev–Trinajstić information content (AvgIpc) is 2.85. The first kappa shape index (κ1) is 14.3. The van der Waals surface area contributed by atoms with Gasteiger partial charge in [0.1, 0.15) is 0 Å². The second-order valence-electron chi connectivity index (χ2n) is 5.53. The predicted octanol–water partition coefficient (Wildman–Crippen LogP) is 1.80. The Morgan fingerprint density at radius 2 is 2.35 bits per heavy atom. The predicted molar refractivity (Wildman–Crippen MR) is 82.2 cm³/mol. The van der Waals surface area contributed by atoms with Crippen LogP contribution in [0.1, 0.15) is 17.7 Å². The molecule has 0 bridgehead atoms. The number of likely N-dealkylation sites (tertiary alicyclic amines) is 1. The number of hydrogen-bond donors (Lipinski definition) is 1. The number of piperidine rings is 1. The second-order valence-corrected chi connectivity index (χ2v) is 6.96. The Kier molecular flexibility index (Phi) is 4.61. The van der Waals surface area contributed by atoms with E-state index in [-0.39, 0.29) is 5.91 Å². The van der Waals surface area contributed by atoms with Gasteiger partial charge in [0.2, 0.25) is 5.91 Å². The number of halogens is 1. The van der Waals surface area contributed by atoms with E-state index in [2.05, 4.69) is 15.1 Å². The van der Waals surface area contributed by atoms with E-state index in [0.29, 0.717) is 12.6 Å². The highest BCUT2D eigenvalue weighted by molar-refractivity contribution is 7.10. The van der Waals surface area contributed by atoms with Crippen molar-refractivity contribution < 1.29 is 4.79 Å². The summed E-state index contributed by atoms with van der Waals surface area (Å²) in [5, 5.41) is 5.95. The molecule has 110 valence electrons. The molecule has 0 aliphatic carbocycles. The van der Waals surface area contributed by atoms with Crippen LogP contribution in [0.5, 0.6) is 0 Å². The minimum atomic E-state index is 0.252. The molecule has 1 atom stereocenters. The fraction of sp³-hybridized carbons (Fsp3) is 0.643. The number of nitrogens with zero attached hydrogens (tertiary/aromatic N) is 2. The Labute approximate surface area is 128 Å². The molecule has 1 amide bonds. The summed E-state index contributed by atoms with van der Waals surface area (Å²) in [7, 11) is 0. The lowest BCUT2D eigenvalue weighted by Crippen LogP contribution is -2.56.